The van der Waals surface area contributed by atoms with Gasteiger partial charge in [-0.15, -0.1) is 0 Å². The average molecular weight is 235 g/mol. The molecule has 0 aliphatic carbocycles. The maximum Gasteiger partial charge on any atom is 0.323 e. The van der Waals surface area contributed by atoms with Gasteiger partial charge >= 0.3 is 5.97 Å². The van der Waals surface area contributed by atoms with Crippen molar-refractivity contribution in [1.82, 2.24) is 0 Å². The lowest BCUT2D eigenvalue weighted by molar-refractivity contribution is -0.150. The minimum atomic E-state index is -0.527. The van der Waals surface area contributed by atoms with Gasteiger partial charge in [0.1, 0.15) is 12.1 Å². The lowest BCUT2D eigenvalue weighted by Crippen LogP contribution is -2.34. The zero-order valence-electron chi connectivity index (χ0n) is 10.7. The lowest BCUT2D eigenvalue weighted by atomic mass is 10.0. The van der Waals surface area contributed by atoms with E-state index in [1.165, 1.54) is 0 Å². The van der Waals surface area contributed by atoms with Gasteiger partial charge in [-0.2, -0.15) is 0 Å². The van der Waals surface area contributed by atoms with E-state index in [1.807, 2.05) is 51.1 Å². The van der Waals surface area contributed by atoms with Crippen molar-refractivity contribution in [1.29, 1.82) is 0 Å². The molecule has 2 N–H and O–H groups in total. The van der Waals surface area contributed by atoms with E-state index in [1.54, 1.807) is 0 Å². The van der Waals surface area contributed by atoms with Crippen molar-refractivity contribution in [2.45, 2.75) is 39.3 Å². The van der Waals surface area contributed by atoms with Crippen LogP contribution < -0.4 is 5.73 Å². The highest BCUT2D eigenvalue weighted by atomic mass is 16.5. The van der Waals surface area contributed by atoms with E-state index < -0.39 is 6.04 Å². The number of carbonyl (C=O) groups is 1. The molecule has 1 rings (SSSR count). The van der Waals surface area contributed by atoms with Crippen LogP contribution in [0.15, 0.2) is 30.3 Å². The summed E-state index contributed by atoms with van der Waals surface area (Å²) in [7, 11) is 0. The minimum Gasteiger partial charge on any atom is -0.457 e. The largest absolute Gasteiger partial charge is 0.457 e. The van der Waals surface area contributed by atoms with E-state index in [9.17, 15) is 4.79 Å². The molecule has 0 aromatic heterocycles. The van der Waals surface area contributed by atoms with Crippen molar-refractivity contribution in [3.8, 4) is 0 Å². The highest BCUT2D eigenvalue weighted by Crippen LogP contribution is 2.17. The van der Waals surface area contributed by atoms with Crippen LogP contribution in [0.5, 0.6) is 0 Å². The molecule has 0 aliphatic heterocycles. The third-order valence-corrected chi connectivity index (χ3v) is 2.59. The molecule has 0 aliphatic rings. The summed E-state index contributed by atoms with van der Waals surface area (Å²) in [4.78, 5) is 11.7. The van der Waals surface area contributed by atoms with E-state index in [-0.39, 0.29) is 12.1 Å². The maximum absolute atomic E-state index is 11.7. The second-order valence-corrected chi connectivity index (χ2v) is 4.73. The van der Waals surface area contributed by atoms with E-state index >= 15 is 0 Å². The Kier molecular flexibility index (Phi) is 5.16. The van der Waals surface area contributed by atoms with Crippen LogP contribution >= 0.6 is 0 Å². The van der Waals surface area contributed by atoms with Crippen molar-refractivity contribution >= 4 is 5.97 Å². The SMILES string of the molecule is CC(C)C[C@H](N)C(=O)OC(C)c1ccccc1. The molecule has 3 nitrogen and oxygen atoms in total. The van der Waals surface area contributed by atoms with Gasteiger partial charge in [0.25, 0.3) is 0 Å². The van der Waals surface area contributed by atoms with Crippen LogP contribution in [0.2, 0.25) is 0 Å². The number of hydrogen-bond donors (Lipinski definition) is 1. The third kappa shape index (κ3) is 4.57. The monoisotopic (exact) mass is 235 g/mol. The number of nitrogens with two attached hydrogens (primary N) is 1. The molecule has 1 aromatic rings. The smallest absolute Gasteiger partial charge is 0.323 e. The summed E-state index contributed by atoms with van der Waals surface area (Å²) in [6, 6.07) is 9.13. The molecule has 0 bridgehead atoms. The van der Waals surface area contributed by atoms with Crippen molar-refractivity contribution in [3.05, 3.63) is 35.9 Å². The minimum absolute atomic E-state index is 0.248. The van der Waals surface area contributed by atoms with Crippen LogP contribution in [0.4, 0.5) is 0 Å². The molecule has 0 spiro atoms. The van der Waals surface area contributed by atoms with Crippen molar-refractivity contribution in [3.63, 3.8) is 0 Å². The topological polar surface area (TPSA) is 52.3 Å². The first-order valence-corrected chi connectivity index (χ1v) is 6.01. The molecule has 0 radical (unpaired) electrons. The Morgan fingerprint density at radius 1 is 1.24 bits per heavy atom. The second-order valence-electron chi connectivity index (χ2n) is 4.73. The Bertz CT molecular complexity index is 348. The Labute approximate surface area is 103 Å². The molecular formula is C14H21NO2. The van der Waals surface area contributed by atoms with E-state index in [0.29, 0.717) is 12.3 Å². The normalized spacial score (nSPS) is 14.4. The van der Waals surface area contributed by atoms with Gasteiger partial charge in [0.15, 0.2) is 0 Å². The standard InChI is InChI=1S/C14H21NO2/c1-10(2)9-13(15)14(16)17-11(3)12-7-5-4-6-8-12/h4-8,10-11,13H,9,15H2,1-3H3/t11?,13-/m0/s1. The van der Waals surface area contributed by atoms with Gasteiger partial charge in [-0.3, -0.25) is 4.79 Å². The van der Waals surface area contributed by atoms with Crippen molar-refractivity contribution in [2.75, 3.05) is 0 Å². The number of carbonyl (C=O) groups excluding carboxylic acids is 1. The number of benzene rings is 1. The van der Waals surface area contributed by atoms with Gasteiger partial charge in [0, 0.05) is 0 Å². The van der Waals surface area contributed by atoms with Crippen LogP contribution in [-0.4, -0.2) is 12.0 Å². The average Bonchev–Trinajstić information content (AvgIpc) is 2.29. The molecule has 1 unspecified atom stereocenters. The Balaban J connectivity index is 2.51. The Morgan fingerprint density at radius 2 is 1.82 bits per heavy atom. The van der Waals surface area contributed by atoms with Crippen molar-refractivity contribution < 1.29 is 9.53 Å². The number of ether oxygens (including phenoxy) is 1. The van der Waals surface area contributed by atoms with E-state index in [2.05, 4.69) is 0 Å². The molecule has 2 atom stereocenters. The van der Waals surface area contributed by atoms with Gasteiger partial charge in [-0.25, -0.2) is 0 Å². The van der Waals surface area contributed by atoms with Crippen molar-refractivity contribution in [2.24, 2.45) is 11.7 Å². The summed E-state index contributed by atoms with van der Waals surface area (Å²) in [5.41, 5.74) is 6.75. The molecule has 0 amide bonds. The van der Waals surface area contributed by atoms with Crippen LogP contribution in [0.1, 0.15) is 38.9 Å². The van der Waals surface area contributed by atoms with Crippen LogP contribution in [-0.2, 0) is 9.53 Å². The third-order valence-electron chi connectivity index (χ3n) is 2.59. The molecule has 3 heteroatoms. The lowest BCUT2D eigenvalue weighted by Gasteiger charge is -2.18. The molecular weight excluding hydrogens is 214 g/mol. The number of hydrogen-bond acceptors (Lipinski definition) is 3. The molecule has 0 heterocycles. The first kappa shape index (κ1) is 13.7. The number of esters is 1. The van der Waals surface area contributed by atoms with Gasteiger partial charge < -0.3 is 10.5 Å². The van der Waals surface area contributed by atoms with E-state index in [4.69, 9.17) is 10.5 Å². The second kappa shape index (κ2) is 6.40. The first-order chi connectivity index (χ1) is 8.00. The predicted molar refractivity (Wildman–Crippen MR) is 68.4 cm³/mol. The van der Waals surface area contributed by atoms with Crippen LogP contribution in [0.3, 0.4) is 0 Å². The summed E-state index contributed by atoms with van der Waals surface area (Å²) < 4.78 is 5.34. The summed E-state index contributed by atoms with van der Waals surface area (Å²) in [6.07, 6.45) is 0.405. The highest BCUT2D eigenvalue weighted by Gasteiger charge is 2.19. The van der Waals surface area contributed by atoms with E-state index in [0.717, 1.165) is 5.56 Å². The van der Waals surface area contributed by atoms with Gasteiger partial charge in [-0.1, -0.05) is 44.2 Å². The maximum atomic E-state index is 11.7. The molecule has 0 saturated carbocycles. The van der Waals surface area contributed by atoms with Gasteiger partial charge in [-0.05, 0) is 24.8 Å². The van der Waals surface area contributed by atoms with Crippen LogP contribution in [0.25, 0.3) is 0 Å². The Hall–Kier alpha value is -1.35. The molecule has 94 valence electrons. The number of rotatable bonds is 5. The zero-order chi connectivity index (χ0) is 12.8. The summed E-state index contributed by atoms with van der Waals surface area (Å²) in [6.45, 7) is 5.93. The predicted octanol–water partition coefficient (Wildman–Crippen LogP) is 2.66. The fourth-order valence-electron chi connectivity index (χ4n) is 1.66. The fourth-order valence-corrected chi connectivity index (χ4v) is 1.66. The zero-order valence-corrected chi connectivity index (χ0v) is 10.7. The molecule has 1 aromatic carbocycles. The molecule has 17 heavy (non-hydrogen) atoms. The Morgan fingerprint density at radius 3 is 2.35 bits per heavy atom. The highest BCUT2D eigenvalue weighted by molar-refractivity contribution is 5.75. The quantitative estimate of drug-likeness (QED) is 0.798. The summed E-state index contributed by atoms with van der Waals surface area (Å²) >= 11 is 0. The van der Waals surface area contributed by atoms with Crippen LogP contribution in [0, 0.1) is 5.92 Å². The summed E-state index contributed by atoms with van der Waals surface area (Å²) in [5, 5.41) is 0. The van der Waals surface area contributed by atoms with Gasteiger partial charge in [0.05, 0.1) is 0 Å². The molecule has 0 fully saturated rings. The first-order valence-electron chi connectivity index (χ1n) is 6.01. The summed E-state index contributed by atoms with van der Waals surface area (Å²) in [5.74, 6) is 0.0691. The molecule has 0 saturated heterocycles. The fraction of sp³-hybridized carbons (Fsp3) is 0.500. The van der Waals surface area contributed by atoms with Gasteiger partial charge in [0.2, 0.25) is 0 Å².